The maximum atomic E-state index is 12.2. The largest absolute Gasteiger partial charge is 0.401 e. The van der Waals surface area contributed by atoms with Crippen LogP contribution in [-0.2, 0) is 0 Å². The first-order chi connectivity index (χ1) is 8.26. The lowest BCUT2D eigenvalue weighted by molar-refractivity contribution is -0.145. The highest BCUT2D eigenvalue weighted by Crippen LogP contribution is 2.17. The monoisotopic (exact) mass is 270 g/mol. The van der Waals surface area contributed by atoms with E-state index in [4.69, 9.17) is 0 Å². The minimum absolute atomic E-state index is 0.00770. The van der Waals surface area contributed by atoms with E-state index in [1.165, 1.54) is 4.90 Å². The molecule has 0 aliphatic rings. The van der Waals surface area contributed by atoms with Gasteiger partial charge in [0.1, 0.15) is 0 Å². The Morgan fingerprint density at radius 2 is 1.83 bits per heavy atom. The Morgan fingerprint density at radius 3 is 2.22 bits per heavy atom. The molecule has 18 heavy (non-hydrogen) atoms. The molecule has 0 radical (unpaired) electrons. The highest BCUT2D eigenvalue weighted by Gasteiger charge is 2.30. The van der Waals surface area contributed by atoms with Gasteiger partial charge in [0.2, 0.25) is 0 Å². The zero-order valence-electron chi connectivity index (χ0n) is 11.5. The van der Waals surface area contributed by atoms with Crippen LogP contribution < -0.4 is 5.32 Å². The predicted octanol–water partition coefficient (Wildman–Crippen LogP) is 2.01. The van der Waals surface area contributed by atoms with Gasteiger partial charge in [0.25, 0.3) is 0 Å². The zero-order valence-corrected chi connectivity index (χ0v) is 11.5. The van der Waals surface area contributed by atoms with Gasteiger partial charge >= 0.3 is 6.18 Å². The van der Waals surface area contributed by atoms with Gasteiger partial charge in [0, 0.05) is 5.54 Å². The van der Waals surface area contributed by atoms with Crippen LogP contribution >= 0.6 is 0 Å². The van der Waals surface area contributed by atoms with Crippen molar-refractivity contribution in [3.8, 4) is 0 Å². The summed E-state index contributed by atoms with van der Waals surface area (Å²) in [6.45, 7) is 6.20. The van der Waals surface area contributed by atoms with Gasteiger partial charge in [-0.3, -0.25) is 4.90 Å². The van der Waals surface area contributed by atoms with Crippen LogP contribution in [-0.4, -0.2) is 54.5 Å². The molecule has 0 aromatic carbocycles. The van der Waals surface area contributed by atoms with Crippen molar-refractivity contribution in [3.05, 3.63) is 0 Å². The summed E-state index contributed by atoms with van der Waals surface area (Å²) in [6, 6.07) is 0. The summed E-state index contributed by atoms with van der Waals surface area (Å²) in [7, 11) is 0. The number of alkyl halides is 3. The molecular weight excluding hydrogens is 245 g/mol. The molecule has 0 amide bonds. The Bertz CT molecular complexity index is 224. The molecule has 6 heteroatoms. The summed E-state index contributed by atoms with van der Waals surface area (Å²) in [5.41, 5.74) is -0.396. The third-order valence-corrected chi connectivity index (χ3v) is 3.01. The molecule has 0 aromatic heterocycles. The van der Waals surface area contributed by atoms with Crippen molar-refractivity contribution in [3.63, 3.8) is 0 Å². The van der Waals surface area contributed by atoms with Crippen molar-refractivity contribution in [2.24, 2.45) is 0 Å². The van der Waals surface area contributed by atoms with Crippen molar-refractivity contribution in [1.82, 2.24) is 10.2 Å². The Morgan fingerprint density at radius 1 is 1.22 bits per heavy atom. The summed E-state index contributed by atoms with van der Waals surface area (Å²) in [6.07, 6.45) is -2.85. The zero-order chi connectivity index (χ0) is 14.2. The second-order valence-electron chi connectivity index (χ2n) is 4.84. The number of rotatable bonds is 9. The number of nitrogens with one attached hydrogen (secondary N) is 1. The van der Waals surface area contributed by atoms with Crippen molar-refractivity contribution in [2.45, 2.75) is 45.3 Å². The molecule has 0 heterocycles. The fourth-order valence-electron chi connectivity index (χ4n) is 1.95. The van der Waals surface area contributed by atoms with Gasteiger partial charge in [-0.2, -0.15) is 13.2 Å². The topological polar surface area (TPSA) is 35.5 Å². The van der Waals surface area contributed by atoms with Crippen molar-refractivity contribution in [2.75, 3.05) is 32.8 Å². The molecule has 0 aromatic rings. The van der Waals surface area contributed by atoms with Crippen LogP contribution in [0.5, 0.6) is 0 Å². The van der Waals surface area contributed by atoms with E-state index in [9.17, 15) is 18.3 Å². The summed E-state index contributed by atoms with van der Waals surface area (Å²) in [5.74, 6) is 0. The minimum atomic E-state index is -4.14. The SMILES string of the molecule is CCNC(C)(CO)CCCN(CC)CC(F)(F)F. The second kappa shape index (κ2) is 7.96. The maximum Gasteiger partial charge on any atom is 0.401 e. The van der Waals surface area contributed by atoms with Gasteiger partial charge in [0.05, 0.1) is 13.2 Å². The number of hydrogen-bond donors (Lipinski definition) is 2. The van der Waals surface area contributed by atoms with Crippen LogP contribution in [0.2, 0.25) is 0 Å². The third-order valence-electron chi connectivity index (χ3n) is 3.01. The van der Waals surface area contributed by atoms with E-state index >= 15 is 0 Å². The van der Waals surface area contributed by atoms with Crippen molar-refractivity contribution in [1.29, 1.82) is 0 Å². The van der Waals surface area contributed by atoms with E-state index in [0.717, 1.165) is 6.54 Å². The normalized spacial score (nSPS) is 16.0. The standard InChI is InChI=1S/C12H25F3N2O/c1-4-16-11(3,10-18)7-6-8-17(5-2)9-12(13,14)15/h16,18H,4-10H2,1-3H3. The Hall–Kier alpha value is -0.330. The summed E-state index contributed by atoms with van der Waals surface area (Å²) in [5, 5.41) is 12.4. The number of nitrogens with zero attached hydrogens (tertiary/aromatic N) is 1. The van der Waals surface area contributed by atoms with Crippen molar-refractivity contribution >= 4 is 0 Å². The van der Waals surface area contributed by atoms with Gasteiger partial charge in [-0.05, 0) is 39.4 Å². The molecule has 1 unspecified atom stereocenters. The average Bonchev–Trinajstić information content (AvgIpc) is 2.26. The third kappa shape index (κ3) is 7.89. The Balaban J connectivity index is 4.06. The molecule has 1 atom stereocenters. The van der Waals surface area contributed by atoms with Crippen LogP contribution in [0.4, 0.5) is 13.2 Å². The number of likely N-dealkylation sites (N-methyl/N-ethyl adjacent to an activating group) is 1. The van der Waals surface area contributed by atoms with Gasteiger partial charge in [-0.1, -0.05) is 13.8 Å². The summed E-state index contributed by atoms with van der Waals surface area (Å²) < 4.78 is 36.7. The molecular formula is C12H25F3N2O. The molecule has 0 spiro atoms. The van der Waals surface area contributed by atoms with Gasteiger partial charge in [-0.15, -0.1) is 0 Å². The smallest absolute Gasteiger partial charge is 0.394 e. The lowest BCUT2D eigenvalue weighted by Crippen LogP contribution is -2.46. The van der Waals surface area contributed by atoms with Crippen molar-refractivity contribution < 1.29 is 18.3 Å². The number of halogens is 3. The van der Waals surface area contributed by atoms with Crippen LogP contribution in [0.25, 0.3) is 0 Å². The molecule has 0 aliphatic carbocycles. The highest BCUT2D eigenvalue weighted by atomic mass is 19.4. The summed E-state index contributed by atoms with van der Waals surface area (Å²) in [4.78, 5) is 1.38. The molecule has 2 N–H and O–H groups in total. The lowest BCUT2D eigenvalue weighted by Gasteiger charge is -2.30. The molecule has 0 aliphatic heterocycles. The summed E-state index contributed by atoms with van der Waals surface area (Å²) >= 11 is 0. The molecule has 0 bridgehead atoms. The first-order valence-corrected chi connectivity index (χ1v) is 6.41. The van der Waals surface area contributed by atoms with E-state index in [2.05, 4.69) is 5.32 Å². The lowest BCUT2D eigenvalue weighted by atomic mass is 9.96. The fraction of sp³-hybridized carbons (Fsp3) is 1.00. The molecule has 0 rings (SSSR count). The van der Waals surface area contributed by atoms with E-state index in [1.807, 2.05) is 13.8 Å². The molecule has 0 saturated heterocycles. The Labute approximate surface area is 107 Å². The van der Waals surface area contributed by atoms with Crippen LogP contribution in [0.15, 0.2) is 0 Å². The quantitative estimate of drug-likeness (QED) is 0.673. The first kappa shape index (κ1) is 17.7. The average molecular weight is 270 g/mol. The molecule has 0 fully saturated rings. The van der Waals surface area contributed by atoms with Gasteiger partial charge in [0.15, 0.2) is 0 Å². The maximum absolute atomic E-state index is 12.2. The van der Waals surface area contributed by atoms with E-state index < -0.39 is 18.3 Å². The number of aliphatic hydroxyl groups is 1. The highest BCUT2D eigenvalue weighted by molar-refractivity contribution is 4.82. The van der Waals surface area contributed by atoms with Crippen LogP contribution in [0.3, 0.4) is 0 Å². The van der Waals surface area contributed by atoms with E-state index in [0.29, 0.717) is 25.9 Å². The van der Waals surface area contributed by atoms with E-state index in [-0.39, 0.29) is 6.61 Å². The molecule has 110 valence electrons. The fourth-order valence-corrected chi connectivity index (χ4v) is 1.95. The first-order valence-electron chi connectivity index (χ1n) is 6.41. The number of aliphatic hydroxyl groups excluding tert-OH is 1. The number of hydrogen-bond acceptors (Lipinski definition) is 3. The van der Waals surface area contributed by atoms with Gasteiger partial charge < -0.3 is 10.4 Å². The Kier molecular flexibility index (Phi) is 7.82. The van der Waals surface area contributed by atoms with E-state index in [1.54, 1.807) is 6.92 Å². The second-order valence-corrected chi connectivity index (χ2v) is 4.84. The predicted molar refractivity (Wildman–Crippen MR) is 66.6 cm³/mol. The molecule has 3 nitrogen and oxygen atoms in total. The minimum Gasteiger partial charge on any atom is -0.394 e. The van der Waals surface area contributed by atoms with Crippen LogP contribution in [0.1, 0.15) is 33.6 Å². The van der Waals surface area contributed by atoms with Gasteiger partial charge in [-0.25, -0.2) is 0 Å². The van der Waals surface area contributed by atoms with Crippen LogP contribution in [0, 0.1) is 0 Å². The molecule has 0 saturated carbocycles.